The summed E-state index contributed by atoms with van der Waals surface area (Å²) >= 11 is 0. The predicted molar refractivity (Wildman–Crippen MR) is 93.5 cm³/mol. The number of aromatic nitrogens is 1. The lowest BCUT2D eigenvalue weighted by atomic mass is 10.0. The Morgan fingerprint density at radius 2 is 1.83 bits per heavy atom. The summed E-state index contributed by atoms with van der Waals surface area (Å²) in [6.07, 6.45) is 2.27. The molecule has 0 fully saturated rings. The van der Waals surface area contributed by atoms with Gasteiger partial charge in [-0.25, -0.2) is 0 Å². The third-order valence-corrected chi connectivity index (χ3v) is 4.10. The fourth-order valence-corrected chi connectivity index (χ4v) is 2.81. The SMILES string of the molecule is Cn1ccc2c(C(=O)NC(Cc3ccccc3)C(N)=O)cccc21. The predicted octanol–water partition coefficient (Wildman–Crippen LogP) is 2.00. The van der Waals surface area contributed by atoms with Gasteiger partial charge < -0.3 is 15.6 Å². The van der Waals surface area contributed by atoms with Crippen LogP contribution in [0.25, 0.3) is 10.9 Å². The van der Waals surface area contributed by atoms with Crippen molar-refractivity contribution in [2.45, 2.75) is 12.5 Å². The van der Waals surface area contributed by atoms with E-state index in [1.165, 1.54) is 0 Å². The Labute approximate surface area is 140 Å². The molecule has 3 rings (SSSR count). The van der Waals surface area contributed by atoms with Gasteiger partial charge in [-0.05, 0) is 23.8 Å². The average Bonchev–Trinajstić information content (AvgIpc) is 2.96. The molecule has 0 aliphatic heterocycles. The first-order valence-corrected chi connectivity index (χ1v) is 7.74. The van der Waals surface area contributed by atoms with E-state index in [0.717, 1.165) is 16.5 Å². The number of amides is 2. The molecule has 24 heavy (non-hydrogen) atoms. The minimum Gasteiger partial charge on any atom is -0.368 e. The van der Waals surface area contributed by atoms with Crippen molar-refractivity contribution in [1.29, 1.82) is 0 Å². The van der Waals surface area contributed by atoms with Crippen molar-refractivity contribution in [3.05, 3.63) is 71.9 Å². The number of hydrogen-bond acceptors (Lipinski definition) is 2. The van der Waals surface area contributed by atoms with Crippen molar-refractivity contribution in [3.8, 4) is 0 Å². The first kappa shape index (κ1) is 15.8. The lowest BCUT2D eigenvalue weighted by Gasteiger charge is -2.16. The summed E-state index contributed by atoms with van der Waals surface area (Å²) in [5, 5.41) is 3.61. The molecular weight excluding hydrogens is 302 g/mol. The van der Waals surface area contributed by atoms with Crippen LogP contribution in [0.1, 0.15) is 15.9 Å². The minimum atomic E-state index is -0.751. The molecule has 1 atom stereocenters. The second kappa shape index (κ2) is 6.58. The maximum absolute atomic E-state index is 12.6. The lowest BCUT2D eigenvalue weighted by Crippen LogP contribution is -2.45. The lowest BCUT2D eigenvalue weighted by molar-refractivity contribution is -0.119. The van der Waals surface area contributed by atoms with Crippen molar-refractivity contribution in [1.82, 2.24) is 9.88 Å². The number of aryl methyl sites for hydroxylation is 1. The fraction of sp³-hybridized carbons (Fsp3) is 0.158. The molecule has 0 aliphatic rings. The maximum atomic E-state index is 12.6. The van der Waals surface area contributed by atoms with Crippen LogP contribution in [0.15, 0.2) is 60.8 Å². The van der Waals surface area contributed by atoms with Crippen LogP contribution >= 0.6 is 0 Å². The van der Waals surface area contributed by atoms with Gasteiger partial charge in [0.25, 0.3) is 5.91 Å². The zero-order chi connectivity index (χ0) is 17.1. The van der Waals surface area contributed by atoms with Crippen molar-refractivity contribution in [2.75, 3.05) is 0 Å². The summed E-state index contributed by atoms with van der Waals surface area (Å²) in [5.74, 6) is -0.848. The molecule has 1 unspecified atom stereocenters. The molecule has 0 saturated heterocycles. The third kappa shape index (κ3) is 3.15. The summed E-state index contributed by atoms with van der Waals surface area (Å²) < 4.78 is 1.95. The number of primary amides is 1. The van der Waals surface area contributed by atoms with Crippen LogP contribution in [0.5, 0.6) is 0 Å². The Morgan fingerprint density at radius 1 is 1.08 bits per heavy atom. The number of nitrogens with zero attached hydrogens (tertiary/aromatic N) is 1. The molecule has 5 nitrogen and oxygen atoms in total. The molecule has 2 aromatic carbocycles. The minimum absolute atomic E-state index is 0.300. The van der Waals surface area contributed by atoms with Gasteiger partial charge in [0, 0.05) is 36.1 Å². The molecule has 3 N–H and O–H groups in total. The third-order valence-electron chi connectivity index (χ3n) is 4.10. The van der Waals surface area contributed by atoms with Crippen LogP contribution in [-0.2, 0) is 18.3 Å². The largest absolute Gasteiger partial charge is 0.368 e. The van der Waals surface area contributed by atoms with Gasteiger partial charge in [-0.3, -0.25) is 9.59 Å². The van der Waals surface area contributed by atoms with Crippen molar-refractivity contribution >= 4 is 22.7 Å². The van der Waals surface area contributed by atoms with E-state index in [1.54, 1.807) is 6.07 Å². The standard InChI is InChI=1S/C19H19N3O2/c1-22-11-10-14-15(8-5-9-17(14)22)19(24)21-16(18(20)23)12-13-6-3-2-4-7-13/h2-11,16H,12H2,1H3,(H2,20,23)(H,21,24). The number of nitrogens with one attached hydrogen (secondary N) is 1. The van der Waals surface area contributed by atoms with E-state index in [9.17, 15) is 9.59 Å². The zero-order valence-corrected chi connectivity index (χ0v) is 13.4. The van der Waals surface area contributed by atoms with E-state index >= 15 is 0 Å². The van der Waals surface area contributed by atoms with Crippen LogP contribution in [-0.4, -0.2) is 22.4 Å². The van der Waals surface area contributed by atoms with E-state index in [2.05, 4.69) is 5.32 Å². The average molecular weight is 321 g/mol. The Balaban J connectivity index is 1.84. The van der Waals surface area contributed by atoms with Crippen LogP contribution < -0.4 is 11.1 Å². The molecular formula is C19H19N3O2. The van der Waals surface area contributed by atoms with Crippen molar-refractivity contribution in [3.63, 3.8) is 0 Å². The summed E-state index contributed by atoms with van der Waals surface area (Å²) in [6.45, 7) is 0. The molecule has 0 spiro atoms. The Bertz CT molecular complexity index is 884. The molecule has 0 bridgehead atoms. The van der Waals surface area contributed by atoms with Crippen molar-refractivity contribution in [2.24, 2.45) is 12.8 Å². The smallest absolute Gasteiger partial charge is 0.252 e. The highest BCUT2D eigenvalue weighted by Gasteiger charge is 2.20. The highest BCUT2D eigenvalue weighted by molar-refractivity contribution is 6.07. The molecule has 0 radical (unpaired) electrons. The second-order valence-electron chi connectivity index (χ2n) is 5.78. The topological polar surface area (TPSA) is 77.1 Å². The highest BCUT2D eigenvalue weighted by atomic mass is 16.2. The van der Waals surface area contributed by atoms with E-state index in [-0.39, 0.29) is 5.91 Å². The molecule has 1 aromatic heterocycles. The van der Waals surface area contributed by atoms with Gasteiger partial charge in [0.2, 0.25) is 5.91 Å². The number of benzene rings is 2. The summed E-state index contributed by atoms with van der Waals surface area (Å²) in [4.78, 5) is 24.4. The maximum Gasteiger partial charge on any atom is 0.252 e. The second-order valence-corrected chi connectivity index (χ2v) is 5.78. The summed E-state index contributed by atoms with van der Waals surface area (Å²) in [7, 11) is 1.92. The van der Waals surface area contributed by atoms with E-state index in [1.807, 2.05) is 66.3 Å². The van der Waals surface area contributed by atoms with Crippen LogP contribution in [0.4, 0.5) is 0 Å². The Kier molecular flexibility index (Phi) is 4.33. The molecule has 0 saturated carbocycles. The zero-order valence-electron chi connectivity index (χ0n) is 13.4. The molecule has 122 valence electrons. The van der Waals surface area contributed by atoms with Gasteiger partial charge in [-0.2, -0.15) is 0 Å². The van der Waals surface area contributed by atoms with Gasteiger partial charge in [0.1, 0.15) is 6.04 Å². The van der Waals surface area contributed by atoms with E-state index in [4.69, 9.17) is 5.73 Å². The number of nitrogens with two attached hydrogens (primary N) is 1. The Hall–Kier alpha value is -3.08. The van der Waals surface area contributed by atoms with Crippen LogP contribution in [0.3, 0.4) is 0 Å². The van der Waals surface area contributed by atoms with E-state index < -0.39 is 11.9 Å². The quantitative estimate of drug-likeness (QED) is 0.754. The van der Waals surface area contributed by atoms with Crippen molar-refractivity contribution < 1.29 is 9.59 Å². The van der Waals surface area contributed by atoms with Gasteiger partial charge in [-0.1, -0.05) is 36.4 Å². The molecule has 5 heteroatoms. The number of carbonyl (C=O) groups is 2. The summed E-state index contributed by atoms with van der Waals surface area (Å²) in [6, 6.07) is 16.1. The Morgan fingerprint density at radius 3 is 2.54 bits per heavy atom. The number of carbonyl (C=O) groups excluding carboxylic acids is 2. The van der Waals surface area contributed by atoms with Crippen LogP contribution in [0, 0.1) is 0 Å². The number of hydrogen-bond donors (Lipinski definition) is 2. The molecule has 3 aromatic rings. The first-order valence-electron chi connectivity index (χ1n) is 7.74. The monoisotopic (exact) mass is 321 g/mol. The molecule has 2 amide bonds. The normalized spacial score (nSPS) is 12.0. The summed E-state index contributed by atoms with van der Waals surface area (Å²) in [5.41, 5.74) is 7.91. The van der Waals surface area contributed by atoms with Gasteiger partial charge in [-0.15, -0.1) is 0 Å². The van der Waals surface area contributed by atoms with Gasteiger partial charge in [0.05, 0.1) is 0 Å². The molecule has 1 heterocycles. The molecule has 0 aliphatic carbocycles. The number of fused-ring (bicyclic) bond motifs is 1. The fourth-order valence-electron chi connectivity index (χ4n) is 2.81. The van der Waals surface area contributed by atoms with Gasteiger partial charge in [0.15, 0.2) is 0 Å². The van der Waals surface area contributed by atoms with Crippen LogP contribution in [0.2, 0.25) is 0 Å². The highest BCUT2D eigenvalue weighted by Crippen LogP contribution is 2.19. The van der Waals surface area contributed by atoms with E-state index in [0.29, 0.717) is 12.0 Å². The van der Waals surface area contributed by atoms with Gasteiger partial charge >= 0.3 is 0 Å². The first-order chi connectivity index (χ1) is 11.6. The number of rotatable bonds is 5.